The Morgan fingerprint density at radius 3 is 2.53 bits per heavy atom. The molecule has 0 fully saturated rings. The molecule has 0 aliphatic heterocycles. The molecule has 15 heavy (non-hydrogen) atoms. The molecule has 84 valence electrons. The third-order valence-electron chi connectivity index (χ3n) is 1.73. The highest BCUT2D eigenvalue weighted by molar-refractivity contribution is 7.17. The Bertz CT molecular complexity index is 295. The van der Waals surface area contributed by atoms with Gasteiger partial charge in [0.25, 0.3) is 0 Å². The van der Waals surface area contributed by atoms with E-state index in [1.807, 2.05) is 6.92 Å². The maximum absolute atomic E-state index is 12.9. The quantitative estimate of drug-likeness (QED) is 0.569. The van der Waals surface area contributed by atoms with Gasteiger partial charge in [0.05, 0.1) is 0 Å². The van der Waals surface area contributed by atoms with Crippen LogP contribution in [0.1, 0.15) is 13.8 Å². The van der Waals surface area contributed by atoms with Gasteiger partial charge >= 0.3 is 0 Å². The molecule has 2 atom stereocenters. The lowest BCUT2D eigenvalue weighted by molar-refractivity contribution is -0.118. The first kappa shape index (κ1) is 14.1. The van der Waals surface area contributed by atoms with E-state index in [9.17, 15) is 9.18 Å². The Morgan fingerprint density at radius 1 is 1.53 bits per heavy atom. The molecule has 0 heterocycles. The fourth-order valence-electron chi connectivity index (χ4n) is 0.834. The lowest BCUT2D eigenvalue weighted by atomic mass is 10.2. The molecule has 0 aliphatic carbocycles. The van der Waals surface area contributed by atoms with Gasteiger partial charge in [-0.05, 0) is 12.5 Å². The monoisotopic (exact) mass is 229 g/mol. The van der Waals surface area contributed by atoms with Crippen molar-refractivity contribution in [3.63, 3.8) is 0 Å². The van der Waals surface area contributed by atoms with Crippen LogP contribution in [0.15, 0.2) is 36.0 Å². The van der Waals surface area contributed by atoms with Gasteiger partial charge in [0.1, 0.15) is 5.91 Å². The Morgan fingerprint density at radius 2 is 2.13 bits per heavy atom. The Kier molecular flexibility index (Phi) is 6.89. The lowest BCUT2D eigenvalue weighted by Crippen LogP contribution is -2.21. The molecule has 4 heteroatoms. The number of hydrogen-bond acceptors (Lipinski definition) is 1. The topological polar surface area (TPSA) is 29.1 Å². The van der Waals surface area contributed by atoms with Gasteiger partial charge in [0.15, 0.2) is 0 Å². The van der Waals surface area contributed by atoms with Crippen LogP contribution in [-0.2, 0) is 4.79 Å². The van der Waals surface area contributed by atoms with Crippen LogP contribution in [0.4, 0.5) is 4.39 Å². The molecule has 0 rings (SSSR count). The number of amides is 1. The molecule has 0 aromatic rings. The number of nitrogens with one attached hydrogen (secondary N) is 1. The van der Waals surface area contributed by atoms with Crippen LogP contribution >= 0.6 is 9.24 Å². The summed E-state index contributed by atoms with van der Waals surface area (Å²) in [6.45, 7) is 7.31. The molecule has 0 bridgehead atoms. The zero-order valence-electron chi connectivity index (χ0n) is 9.09. The van der Waals surface area contributed by atoms with Gasteiger partial charge in [-0.2, -0.15) is 0 Å². The van der Waals surface area contributed by atoms with Crippen molar-refractivity contribution >= 4 is 15.1 Å². The summed E-state index contributed by atoms with van der Waals surface area (Å²) >= 11 is 0. The predicted octanol–water partition coefficient (Wildman–Crippen LogP) is 2.35. The number of hydrogen-bond donors (Lipinski definition) is 1. The lowest BCUT2D eigenvalue weighted by Gasteiger charge is -2.03. The van der Waals surface area contributed by atoms with Gasteiger partial charge in [-0.3, -0.25) is 4.79 Å². The minimum absolute atomic E-state index is 0.0786. The molecule has 0 saturated carbocycles. The SMILES string of the molecule is C=C/C(=C\C=C(/C)CNC(C)=O)C(F)P. The minimum atomic E-state index is -1.10. The Hall–Kier alpha value is -0.950. The number of carbonyl (C=O) groups excluding carboxylic acids is 1. The van der Waals surface area contributed by atoms with E-state index in [0.29, 0.717) is 12.1 Å². The highest BCUT2D eigenvalue weighted by Gasteiger charge is 2.00. The van der Waals surface area contributed by atoms with Gasteiger partial charge in [-0.25, -0.2) is 4.39 Å². The van der Waals surface area contributed by atoms with Crippen molar-refractivity contribution in [2.24, 2.45) is 0 Å². The number of carbonyl (C=O) groups is 1. The number of halogens is 1. The first-order chi connectivity index (χ1) is 6.97. The molecule has 0 aliphatic rings. The average molecular weight is 229 g/mol. The van der Waals surface area contributed by atoms with Crippen molar-refractivity contribution in [1.29, 1.82) is 0 Å². The molecule has 1 amide bonds. The molecule has 0 saturated heterocycles. The van der Waals surface area contributed by atoms with E-state index in [1.54, 1.807) is 12.2 Å². The summed E-state index contributed by atoms with van der Waals surface area (Å²) in [5.74, 6) is -1.18. The van der Waals surface area contributed by atoms with Crippen molar-refractivity contribution in [2.75, 3.05) is 6.54 Å². The van der Waals surface area contributed by atoms with Crippen LogP contribution in [0.25, 0.3) is 0 Å². The molecular formula is C11H17FNOP. The summed E-state index contributed by atoms with van der Waals surface area (Å²) in [5, 5.41) is 2.65. The van der Waals surface area contributed by atoms with Crippen molar-refractivity contribution in [3.8, 4) is 0 Å². The van der Waals surface area contributed by atoms with E-state index < -0.39 is 5.91 Å². The van der Waals surface area contributed by atoms with E-state index in [1.165, 1.54) is 13.0 Å². The van der Waals surface area contributed by atoms with Crippen LogP contribution in [0.2, 0.25) is 0 Å². The van der Waals surface area contributed by atoms with E-state index in [2.05, 4.69) is 21.1 Å². The third-order valence-corrected chi connectivity index (χ3v) is 2.12. The standard InChI is InChI=1S/C11H17FNOP/c1-4-10(11(12)15)6-5-8(2)7-13-9(3)14/h4-6,11H,1,7,15H2,2-3H3,(H,13,14)/b8-5+,10-6+. The number of allylic oxidation sites excluding steroid dienone is 4. The highest BCUT2D eigenvalue weighted by Crippen LogP contribution is 2.14. The van der Waals surface area contributed by atoms with Gasteiger partial charge in [0, 0.05) is 13.5 Å². The van der Waals surface area contributed by atoms with Gasteiger partial charge in [-0.15, -0.1) is 0 Å². The molecule has 0 spiro atoms. The largest absolute Gasteiger partial charge is 0.353 e. The van der Waals surface area contributed by atoms with E-state index >= 15 is 0 Å². The molecule has 0 aromatic carbocycles. The van der Waals surface area contributed by atoms with Crippen LogP contribution in [0.5, 0.6) is 0 Å². The second-order valence-corrected chi connectivity index (χ2v) is 3.78. The minimum Gasteiger partial charge on any atom is -0.353 e. The van der Waals surface area contributed by atoms with Crippen LogP contribution in [-0.4, -0.2) is 18.4 Å². The second-order valence-electron chi connectivity index (χ2n) is 3.20. The molecule has 2 nitrogen and oxygen atoms in total. The summed E-state index contributed by atoms with van der Waals surface area (Å²) in [6, 6.07) is 0. The Labute approximate surface area is 92.5 Å². The average Bonchev–Trinajstić information content (AvgIpc) is 2.15. The first-order valence-electron chi connectivity index (χ1n) is 4.61. The van der Waals surface area contributed by atoms with Crippen molar-refractivity contribution in [1.82, 2.24) is 5.32 Å². The first-order valence-corrected chi connectivity index (χ1v) is 5.28. The van der Waals surface area contributed by atoms with Crippen molar-refractivity contribution < 1.29 is 9.18 Å². The molecule has 0 radical (unpaired) electrons. The molecular weight excluding hydrogens is 212 g/mol. The summed E-state index contributed by atoms with van der Waals surface area (Å²) in [4.78, 5) is 10.6. The van der Waals surface area contributed by atoms with Crippen LogP contribution < -0.4 is 5.32 Å². The maximum atomic E-state index is 12.9. The molecule has 1 N–H and O–H groups in total. The fourth-order valence-corrected chi connectivity index (χ4v) is 1.08. The Balaban J connectivity index is 4.34. The van der Waals surface area contributed by atoms with E-state index in [-0.39, 0.29) is 5.91 Å². The third kappa shape index (κ3) is 7.03. The summed E-state index contributed by atoms with van der Waals surface area (Å²) in [7, 11) is 2.06. The van der Waals surface area contributed by atoms with Crippen LogP contribution in [0.3, 0.4) is 0 Å². The summed E-state index contributed by atoms with van der Waals surface area (Å²) < 4.78 is 12.9. The van der Waals surface area contributed by atoms with E-state index in [0.717, 1.165) is 5.57 Å². The van der Waals surface area contributed by atoms with Crippen molar-refractivity contribution in [2.45, 2.75) is 19.8 Å². The maximum Gasteiger partial charge on any atom is 0.217 e. The zero-order valence-corrected chi connectivity index (χ0v) is 10.2. The molecule has 0 aromatic heterocycles. The van der Waals surface area contributed by atoms with Crippen molar-refractivity contribution in [3.05, 3.63) is 36.0 Å². The predicted molar refractivity (Wildman–Crippen MR) is 65.3 cm³/mol. The highest BCUT2D eigenvalue weighted by atomic mass is 31.0. The number of rotatable bonds is 5. The summed E-state index contributed by atoms with van der Waals surface area (Å²) in [6.07, 6.45) is 4.89. The molecule has 2 unspecified atom stereocenters. The van der Waals surface area contributed by atoms with Crippen LogP contribution in [0, 0.1) is 0 Å². The summed E-state index contributed by atoms with van der Waals surface area (Å²) in [5.41, 5.74) is 1.46. The normalized spacial score (nSPS) is 14.7. The zero-order chi connectivity index (χ0) is 11.8. The number of alkyl halides is 1. The fraction of sp³-hybridized carbons (Fsp3) is 0.364. The van der Waals surface area contributed by atoms with Gasteiger partial charge in [-0.1, -0.05) is 39.6 Å². The second kappa shape index (κ2) is 7.36. The van der Waals surface area contributed by atoms with E-state index in [4.69, 9.17) is 0 Å². The van der Waals surface area contributed by atoms with Gasteiger partial charge in [0.2, 0.25) is 5.91 Å². The smallest absolute Gasteiger partial charge is 0.217 e. The van der Waals surface area contributed by atoms with Gasteiger partial charge < -0.3 is 5.32 Å².